The van der Waals surface area contributed by atoms with Gasteiger partial charge < -0.3 is 11.1 Å². The number of primary sulfonamides is 1. The summed E-state index contributed by atoms with van der Waals surface area (Å²) in [6, 6.07) is 5.57. The molecule has 0 aliphatic rings. The second-order valence-electron chi connectivity index (χ2n) is 5.15. The fourth-order valence-electron chi connectivity index (χ4n) is 1.77. The average molecular weight is 299 g/mol. The van der Waals surface area contributed by atoms with Gasteiger partial charge in [0, 0.05) is 6.54 Å². The number of benzene rings is 1. The number of nitrogens with one attached hydrogen (secondary N) is 1. The van der Waals surface area contributed by atoms with Gasteiger partial charge in [-0.2, -0.15) is 0 Å². The van der Waals surface area contributed by atoms with Gasteiger partial charge in [-0.1, -0.05) is 26.0 Å². The summed E-state index contributed by atoms with van der Waals surface area (Å²) < 4.78 is 22.4. The van der Waals surface area contributed by atoms with Crippen molar-refractivity contribution in [1.82, 2.24) is 5.32 Å². The maximum Gasteiger partial charge on any atom is 0.238 e. The van der Waals surface area contributed by atoms with Crippen LogP contribution in [0, 0.1) is 5.92 Å². The monoisotopic (exact) mass is 299 g/mol. The molecule has 7 heteroatoms. The Morgan fingerprint density at radius 1 is 1.35 bits per heavy atom. The summed E-state index contributed by atoms with van der Waals surface area (Å²) in [7, 11) is -3.73. The zero-order valence-corrected chi connectivity index (χ0v) is 12.5. The summed E-state index contributed by atoms with van der Waals surface area (Å²) in [6.45, 7) is 4.19. The molecule has 0 aliphatic heterocycles. The van der Waals surface area contributed by atoms with Crippen LogP contribution in [0.5, 0.6) is 0 Å². The molecule has 0 aromatic heterocycles. The van der Waals surface area contributed by atoms with Crippen molar-refractivity contribution in [2.75, 3.05) is 0 Å². The molecule has 0 aliphatic carbocycles. The summed E-state index contributed by atoms with van der Waals surface area (Å²) in [4.78, 5) is 11.8. The summed E-state index contributed by atoms with van der Waals surface area (Å²) in [6.07, 6.45) is 0.600. The van der Waals surface area contributed by atoms with Crippen molar-refractivity contribution in [2.24, 2.45) is 16.8 Å². The van der Waals surface area contributed by atoms with Crippen LogP contribution in [0.15, 0.2) is 29.2 Å². The minimum atomic E-state index is -3.73. The van der Waals surface area contributed by atoms with Crippen LogP contribution >= 0.6 is 0 Å². The van der Waals surface area contributed by atoms with Crippen LogP contribution in [-0.4, -0.2) is 20.4 Å². The number of rotatable bonds is 6. The zero-order chi connectivity index (χ0) is 15.3. The van der Waals surface area contributed by atoms with Gasteiger partial charge in [-0.15, -0.1) is 0 Å². The molecular weight excluding hydrogens is 278 g/mol. The van der Waals surface area contributed by atoms with Crippen LogP contribution in [0.2, 0.25) is 0 Å². The van der Waals surface area contributed by atoms with Gasteiger partial charge in [0.1, 0.15) is 0 Å². The molecule has 1 aromatic rings. The minimum Gasteiger partial charge on any atom is -0.351 e. The fourth-order valence-corrected chi connectivity index (χ4v) is 2.35. The first kappa shape index (κ1) is 16.6. The number of carbonyl (C=O) groups excluding carboxylic acids is 1. The van der Waals surface area contributed by atoms with E-state index < -0.39 is 16.1 Å². The third-order valence-corrected chi connectivity index (χ3v) is 3.67. The van der Waals surface area contributed by atoms with Crippen LogP contribution in [0.3, 0.4) is 0 Å². The topological polar surface area (TPSA) is 115 Å². The summed E-state index contributed by atoms with van der Waals surface area (Å²) in [5.41, 5.74) is 6.41. The third-order valence-electron chi connectivity index (χ3n) is 2.76. The Balaban J connectivity index is 2.64. The quantitative estimate of drug-likeness (QED) is 0.701. The second kappa shape index (κ2) is 6.83. The summed E-state index contributed by atoms with van der Waals surface area (Å²) >= 11 is 0. The fraction of sp³-hybridized carbons (Fsp3) is 0.462. The van der Waals surface area contributed by atoms with Gasteiger partial charge in [-0.05, 0) is 30.0 Å². The molecule has 5 N–H and O–H groups in total. The Hall–Kier alpha value is -1.44. The van der Waals surface area contributed by atoms with Crippen LogP contribution in [0.4, 0.5) is 0 Å². The molecule has 1 rings (SSSR count). The van der Waals surface area contributed by atoms with Crippen LogP contribution in [0.25, 0.3) is 0 Å². The third kappa shape index (κ3) is 5.28. The predicted molar refractivity (Wildman–Crippen MR) is 77.1 cm³/mol. The number of amides is 1. The van der Waals surface area contributed by atoms with E-state index in [1.807, 2.05) is 13.8 Å². The van der Waals surface area contributed by atoms with Crippen LogP contribution in [-0.2, 0) is 21.4 Å². The van der Waals surface area contributed by atoms with E-state index in [-0.39, 0.29) is 17.3 Å². The highest BCUT2D eigenvalue weighted by Crippen LogP contribution is 2.10. The normalized spacial score (nSPS) is 13.2. The van der Waals surface area contributed by atoms with E-state index in [1.54, 1.807) is 12.1 Å². The van der Waals surface area contributed by atoms with Gasteiger partial charge in [0.15, 0.2) is 0 Å². The molecule has 0 fully saturated rings. The van der Waals surface area contributed by atoms with Gasteiger partial charge in [0.2, 0.25) is 15.9 Å². The lowest BCUT2D eigenvalue weighted by Gasteiger charge is -2.14. The Labute approximate surface area is 119 Å². The predicted octanol–water partition coefficient (Wildman–Crippen LogP) is 0.324. The molecule has 0 spiro atoms. The Morgan fingerprint density at radius 3 is 2.55 bits per heavy atom. The molecule has 0 saturated heterocycles. The van der Waals surface area contributed by atoms with Crippen molar-refractivity contribution >= 4 is 15.9 Å². The van der Waals surface area contributed by atoms with Crippen LogP contribution in [0.1, 0.15) is 25.8 Å². The highest BCUT2D eigenvalue weighted by atomic mass is 32.2. The first-order chi connectivity index (χ1) is 9.20. The van der Waals surface area contributed by atoms with E-state index in [0.29, 0.717) is 17.9 Å². The van der Waals surface area contributed by atoms with Gasteiger partial charge >= 0.3 is 0 Å². The van der Waals surface area contributed by atoms with E-state index in [0.717, 1.165) is 0 Å². The molecule has 20 heavy (non-hydrogen) atoms. The molecule has 0 bridgehead atoms. The number of carbonyl (C=O) groups is 1. The summed E-state index contributed by atoms with van der Waals surface area (Å²) in [5.74, 6) is 0.0844. The zero-order valence-electron chi connectivity index (χ0n) is 11.7. The average Bonchev–Trinajstić information content (AvgIpc) is 2.34. The molecule has 1 amide bonds. The molecular formula is C13H21N3O3S. The lowest BCUT2D eigenvalue weighted by Crippen LogP contribution is -2.41. The largest absolute Gasteiger partial charge is 0.351 e. The van der Waals surface area contributed by atoms with Crippen molar-refractivity contribution in [2.45, 2.75) is 37.8 Å². The first-order valence-electron chi connectivity index (χ1n) is 6.35. The highest BCUT2D eigenvalue weighted by molar-refractivity contribution is 7.89. The number of sulfonamides is 1. The standard InChI is InChI=1S/C13H21N3O3S/c1-9(2)6-12(14)13(17)16-8-10-4-3-5-11(7-10)20(15,18)19/h3-5,7,9,12H,6,8,14H2,1-2H3,(H,16,17)(H2,15,18,19). The van der Waals surface area contributed by atoms with Gasteiger partial charge in [0.25, 0.3) is 0 Å². The maximum atomic E-state index is 11.8. The molecule has 112 valence electrons. The van der Waals surface area contributed by atoms with E-state index in [2.05, 4.69) is 5.32 Å². The van der Waals surface area contributed by atoms with Gasteiger partial charge in [-0.3, -0.25) is 4.79 Å². The molecule has 6 nitrogen and oxygen atoms in total. The van der Waals surface area contributed by atoms with E-state index in [9.17, 15) is 13.2 Å². The van der Waals surface area contributed by atoms with E-state index in [1.165, 1.54) is 12.1 Å². The number of hydrogen-bond donors (Lipinski definition) is 3. The minimum absolute atomic E-state index is 0.0238. The van der Waals surface area contributed by atoms with Crippen molar-refractivity contribution < 1.29 is 13.2 Å². The number of nitrogens with two attached hydrogens (primary N) is 2. The second-order valence-corrected chi connectivity index (χ2v) is 6.71. The van der Waals surface area contributed by atoms with E-state index >= 15 is 0 Å². The first-order valence-corrected chi connectivity index (χ1v) is 7.90. The number of hydrogen-bond acceptors (Lipinski definition) is 4. The van der Waals surface area contributed by atoms with Crippen molar-refractivity contribution in [3.8, 4) is 0 Å². The van der Waals surface area contributed by atoms with Crippen LogP contribution < -0.4 is 16.2 Å². The molecule has 0 heterocycles. The van der Waals surface area contributed by atoms with Crippen molar-refractivity contribution in [1.29, 1.82) is 0 Å². The Kier molecular flexibility index (Phi) is 5.67. The van der Waals surface area contributed by atoms with Gasteiger partial charge in [-0.25, -0.2) is 13.6 Å². The Bertz CT molecular complexity index is 570. The SMILES string of the molecule is CC(C)CC(N)C(=O)NCc1cccc(S(N)(=O)=O)c1. The maximum absolute atomic E-state index is 11.8. The summed E-state index contributed by atoms with van der Waals surface area (Å²) in [5, 5.41) is 7.73. The smallest absolute Gasteiger partial charge is 0.238 e. The Morgan fingerprint density at radius 2 is 2.00 bits per heavy atom. The van der Waals surface area contributed by atoms with Crippen molar-refractivity contribution in [3.05, 3.63) is 29.8 Å². The lowest BCUT2D eigenvalue weighted by atomic mass is 10.0. The van der Waals surface area contributed by atoms with Crippen molar-refractivity contribution in [3.63, 3.8) is 0 Å². The molecule has 0 radical (unpaired) electrons. The molecule has 0 saturated carbocycles. The van der Waals surface area contributed by atoms with Gasteiger partial charge in [0.05, 0.1) is 10.9 Å². The molecule has 1 aromatic carbocycles. The lowest BCUT2D eigenvalue weighted by molar-refractivity contribution is -0.122. The molecule has 1 atom stereocenters. The highest BCUT2D eigenvalue weighted by Gasteiger charge is 2.15. The van der Waals surface area contributed by atoms with E-state index in [4.69, 9.17) is 10.9 Å². The molecule has 1 unspecified atom stereocenters.